The Labute approximate surface area is 204 Å². The first kappa shape index (κ1) is 22.6. The number of benzene rings is 2. The molecule has 0 spiro atoms. The third-order valence-electron chi connectivity index (χ3n) is 6.71. The van der Waals surface area contributed by atoms with Crippen molar-refractivity contribution in [2.24, 2.45) is 0 Å². The fourth-order valence-corrected chi connectivity index (χ4v) is 5.15. The lowest BCUT2D eigenvalue weighted by Crippen LogP contribution is -2.37. The van der Waals surface area contributed by atoms with Crippen molar-refractivity contribution in [3.8, 4) is 5.75 Å². The summed E-state index contributed by atoms with van der Waals surface area (Å²) in [4.78, 5) is 31.4. The van der Waals surface area contributed by atoms with E-state index in [1.54, 1.807) is 31.6 Å². The second kappa shape index (κ2) is 9.58. The smallest absolute Gasteiger partial charge is 0.254 e. The van der Waals surface area contributed by atoms with Crippen molar-refractivity contribution in [1.82, 2.24) is 10.3 Å². The quantitative estimate of drug-likeness (QED) is 0.549. The van der Waals surface area contributed by atoms with E-state index in [0.29, 0.717) is 35.4 Å². The number of rotatable bonds is 5. The first-order valence-corrected chi connectivity index (χ1v) is 11.7. The molecule has 0 saturated carbocycles. The molecule has 2 aromatic carbocycles. The van der Waals surface area contributed by atoms with Gasteiger partial charge in [0, 0.05) is 40.7 Å². The van der Waals surface area contributed by atoms with Crippen LogP contribution in [-0.4, -0.2) is 23.8 Å². The number of aromatic nitrogens is 1. The van der Waals surface area contributed by atoms with Crippen LogP contribution in [0, 0.1) is 0 Å². The van der Waals surface area contributed by atoms with Gasteiger partial charge in [-0.3, -0.25) is 14.6 Å². The van der Waals surface area contributed by atoms with Crippen LogP contribution in [0.1, 0.15) is 42.7 Å². The summed E-state index contributed by atoms with van der Waals surface area (Å²) in [5.41, 5.74) is 5.28. The molecule has 1 aromatic heterocycles. The van der Waals surface area contributed by atoms with Gasteiger partial charge in [-0.2, -0.15) is 0 Å². The van der Waals surface area contributed by atoms with Gasteiger partial charge in [0.15, 0.2) is 5.78 Å². The van der Waals surface area contributed by atoms with Gasteiger partial charge in [0.25, 0.3) is 5.91 Å². The zero-order chi connectivity index (χ0) is 24.4. The number of para-hydroxylation sites is 1. The standard InChI is InChI=1S/C29H27N3O3/c1-18-26(29(34)32-21-11-8-14-30-17-21)27(22-12-6-7-13-25(22)35-2)28-23(31-18)15-20(16-24(28)33)19-9-4-3-5-10-19/h3-14,17,20,27,31H,15-16H2,1-2H3,(H,32,34). The third-order valence-corrected chi connectivity index (χ3v) is 6.71. The Morgan fingerprint density at radius 2 is 1.80 bits per heavy atom. The van der Waals surface area contributed by atoms with E-state index in [4.69, 9.17) is 4.74 Å². The number of carbonyl (C=O) groups is 2. The monoisotopic (exact) mass is 465 g/mol. The maximum absolute atomic E-state index is 13.7. The molecule has 2 heterocycles. The summed E-state index contributed by atoms with van der Waals surface area (Å²) in [6, 6.07) is 21.3. The number of dihydropyridines is 1. The van der Waals surface area contributed by atoms with Crippen LogP contribution in [0.25, 0.3) is 0 Å². The molecule has 0 radical (unpaired) electrons. The van der Waals surface area contributed by atoms with Crippen LogP contribution >= 0.6 is 0 Å². The molecule has 6 heteroatoms. The van der Waals surface area contributed by atoms with Crippen LogP contribution in [0.2, 0.25) is 0 Å². The van der Waals surface area contributed by atoms with Crippen molar-refractivity contribution in [2.75, 3.05) is 12.4 Å². The number of ether oxygens (including phenoxy) is 1. The summed E-state index contributed by atoms with van der Waals surface area (Å²) in [5, 5.41) is 6.37. The highest BCUT2D eigenvalue weighted by molar-refractivity contribution is 6.10. The number of nitrogens with one attached hydrogen (secondary N) is 2. The minimum Gasteiger partial charge on any atom is -0.496 e. The largest absolute Gasteiger partial charge is 0.496 e. The molecular weight excluding hydrogens is 438 g/mol. The molecular formula is C29H27N3O3. The minimum absolute atomic E-state index is 0.0442. The van der Waals surface area contributed by atoms with Gasteiger partial charge in [-0.05, 0) is 43.0 Å². The van der Waals surface area contributed by atoms with E-state index in [2.05, 4.69) is 27.8 Å². The average Bonchev–Trinajstić information content (AvgIpc) is 2.88. The number of anilines is 1. The van der Waals surface area contributed by atoms with Gasteiger partial charge in [0.1, 0.15) is 5.75 Å². The van der Waals surface area contributed by atoms with Gasteiger partial charge in [-0.1, -0.05) is 48.5 Å². The molecule has 3 aromatic rings. The lowest BCUT2D eigenvalue weighted by atomic mass is 9.71. The highest BCUT2D eigenvalue weighted by atomic mass is 16.5. The van der Waals surface area contributed by atoms with Gasteiger partial charge in [0.05, 0.1) is 24.9 Å². The molecule has 5 rings (SSSR count). The van der Waals surface area contributed by atoms with E-state index >= 15 is 0 Å². The van der Waals surface area contributed by atoms with E-state index < -0.39 is 5.92 Å². The van der Waals surface area contributed by atoms with Crippen LogP contribution in [0.3, 0.4) is 0 Å². The number of hydrogen-bond donors (Lipinski definition) is 2. The predicted molar refractivity (Wildman–Crippen MR) is 135 cm³/mol. The molecule has 1 amide bonds. The van der Waals surface area contributed by atoms with Gasteiger partial charge < -0.3 is 15.4 Å². The van der Waals surface area contributed by atoms with Gasteiger partial charge >= 0.3 is 0 Å². The van der Waals surface area contributed by atoms with E-state index in [9.17, 15) is 9.59 Å². The molecule has 0 saturated heterocycles. The maximum Gasteiger partial charge on any atom is 0.254 e. The van der Waals surface area contributed by atoms with Crippen molar-refractivity contribution < 1.29 is 14.3 Å². The number of methoxy groups -OCH3 is 1. The number of carbonyl (C=O) groups excluding carboxylic acids is 2. The third kappa shape index (κ3) is 4.35. The van der Waals surface area contributed by atoms with E-state index in [0.717, 1.165) is 22.5 Å². The number of ketones is 1. The van der Waals surface area contributed by atoms with Gasteiger partial charge in [-0.25, -0.2) is 0 Å². The Bertz CT molecular complexity index is 1330. The molecule has 0 fully saturated rings. The number of allylic oxidation sites excluding steroid dienone is 3. The second-order valence-corrected chi connectivity index (χ2v) is 8.87. The summed E-state index contributed by atoms with van der Waals surface area (Å²) in [6.07, 6.45) is 4.35. The van der Waals surface area contributed by atoms with Crippen molar-refractivity contribution in [1.29, 1.82) is 0 Å². The number of Topliss-reactive ketones (excluding diaryl/α,β-unsaturated/α-hetero) is 1. The molecule has 176 valence electrons. The topological polar surface area (TPSA) is 80.3 Å². The first-order valence-electron chi connectivity index (χ1n) is 11.7. The van der Waals surface area contributed by atoms with Gasteiger partial charge in [-0.15, -0.1) is 0 Å². The van der Waals surface area contributed by atoms with Crippen molar-refractivity contribution in [3.63, 3.8) is 0 Å². The Morgan fingerprint density at radius 1 is 1.03 bits per heavy atom. The molecule has 1 aliphatic heterocycles. The molecule has 2 N–H and O–H groups in total. The van der Waals surface area contributed by atoms with Crippen molar-refractivity contribution in [2.45, 2.75) is 31.6 Å². The Morgan fingerprint density at radius 3 is 2.54 bits per heavy atom. The molecule has 2 unspecified atom stereocenters. The zero-order valence-corrected chi connectivity index (χ0v) is 19.7. The zero-order valence-electron chi connectivity index (χ0n) is 19.7. The second-order valence-electron chi connectivity index (χ2n) is 8.87. The molecule has 35 heavy (non-hydrogen) atoms. The van der Waals surface area contributed by atoms with E-state index in [1.165, 1.54) is 0 Å². The SMILES string of the molecule is COc1ccccc1C1C(C(=O)Nc2cccnc2)=C(C)NC2=C1C(=O)CC(c1ccccc1)C2. The summed E-state index contributed by atoms with van der Waals surface area (Å²) < 4.78 is 5.67. The predicted octanol–water partition coefficient (Wildman–Crippen LogP) is 5.09. The van der Waals surface area contributed by atoms with E-state index in [-0.39, 0.29) is 17.6 Å². The first-order chi connectivity index (χ1) is 17.1. The Hall–Kier alpha value is -4.19. The Kier molecular flexibility index (Phi) is 6.19. The summed E-state index contributed by atoms with van der Waals surface area (Å²) in [5.74, 6) is -0.0371. The Balaban J connectivity index is 1.60. The van der Waals surface area contributed by atoms with E-state index in [1.807, 2.05) is 49.4 Å². The highest BCUT2D eigenvalue weighted by Crippen LogP contribution is 2.47. The minimum atomic E-state index is -0.539. The summed E-state index contributed by atoms with van der Waals surface area (Å²) >= 11 is 0. The normalized spacial score (nSPS) is 19.7. The van der Waals surface area contributed by atoms with Crippen LogP contribution in [0.4, 0.5) is 5.69 Å². The number of amides is 1. The number of hydrogen-bond acceptors (Lipinski definition) is 5. The van der Waals surface area contributed by atoms with Gasteiger partial charge in [0.2, 0.25) is 0 Å². The molecule has 1 aliphatic carbocycles. The van der Waals surface area contributed by atoms with Crippen LogP contribution in [0.15, 0.2) is 102 Å². The fourth-order valence-electron chi connectivity index (χ4n) is 5.15. The molecule has 0 bridgehead atoms. The summed E-state index contributed by atoms with van der Waals surface area (Å²) in [6.45, 7) is 1.89. The fraction of sp³-hybridized carbons (Fsp3) is 0.207. The van der Waals surface area contributed by atoms with Crippen LogP contribution < -0.4 is 15.4 Å². The lowest BCUT2D eigenvalue weighted by molar-refractivity contribution is -0.116. The maximum atomic E-state index is 13.7. The number of nitrogens with zero attached hydrogens (tertiary/aromatic N) is 1. The van der Waals surface area contributed by atoms with Crippen molar-refractivity contribution >= 4 is 17.4 Å². The molecule has 2 aliphatic rings. The summed E-state index contributed by atoms with van der Waals surface area (Å²) in [7, 11) is 1.61. The molecule has 6 nitrogen and oxygen atoms in total. The van der Waals surface area contributed by atoms with Crippen LogP contribution in [0.5, 0.6) is 5.75 Å². The lowest BCUT2D eigenvalue weighted by Gasteiger charge is -2.37. The average molecular weight is 466 g/mol. The highest BCUT2D eigenvalue weighted by Gasteiger charge is 2.41. The number of pyridine rings is 1. The van der Waals surface area contributed by atoms with Crippen LogP contribution in [-0.2, 0) is 9.59 Å². The molecule has 2 atom stereocenters. The van der Waals surface area contributed by atoms with Crippen molar-refractivity contribution in [3.05, 3.63) is 113 Å².